The molecule has 0 aromatic heterocycles. The van der Waals surface area contributed by atoms with Crippen molar-refractivity contribution in [1.82, 2.24) is 25.3 Å². The molecule has 3 aliphatic heterocycles. The van der Waals surface area contributed by atoms with Gasteiger partial charge < -0.3 is 19.8 Å². The number of aliphatic hydroxyl groups is 1. The highest BCUT2D eigenvalue weighted by Crippen LogP contribution is 2.27. The Balaban J connectivity index is 1.19. The molecule has 3 N–H and O–H groups in total. The summed E-state index contributed by atoms with van der Waals surface area (Å²) in [6, 6.07) is 10.6. The standard InChI is InChI=1S/C26H41N5O3/c1-20(21-7-4-3-5-8-21)15-24(32)30-13-10-26(34,11-14-30)18-31-19-28-23(16-25(31)33)27-17-22-9-6-12-29(22)2/h3-5,7-8,20,22-23,27-28,34H,6,9-19H2,1-2H3/t20-,22+,23?/m1/s1. The van der Waals surface area contributed by atoms with Crippen LogP contribution in [0.4, 0.5) is 0 Å². The van der Waals surface area contributed by atoms with Gasteiger partial charge in [0.15, 0.2) is 0 Å². The van der Waals surface area contributed by atoms with E-state index in [-0.39, 0.29) is 23.9 Å². The van der Waals surface area contributed by atoms with Crippen molar-refractivity contribution in [3.8, 4) is 0 Å². The van der Waals surface area contributed by atoms with E-state index in [0.29, 0.717) is 58.0 Å². The predicted octanol–water partition coefficient (Wildman–Crippen LogP) is 1.32. The van der Waals surface area contributed by atoms with Crippen LogP contribution in [-0.4, -0.2) is 95.9 Å². The quantitative estimate of drug-likeness (QED) is 0.530. The van der Waals surface area contributed by atoms with Gasteiger partial charge in [0.05, 0.1) is 31.4 Å². The maximum absolute atomic E-state index is 12.8. The third kappa shape index (κ3) is 6.36. The minimum absolute atomic E-state index is 0.0153. The Morgan fingerprint density at radius 3 is 2.62 bits per heavy atom. The minimum atomic E-state index is -0.939. The van der Waals surface area contributed by atoms with Crippen molar-refractivity contribution in [2.45, 2.75) is 69.2 Å². The highest BCUT2D eigenvalue weighted by molar-refractivity contribution is 5.78. The Bertz CT molecular complexity index is 827. The molecule has 0 spiro atoms. The zero-order chi connectivity index (χ0) is 24.1. The number of benzene rings is 1. The smallest absolute Gasteiger partial charge is 0.226 e. The molecule has 3 fully saturated rings. The molecule has 3 aliphatic rings. The van der Waals surface area contributed by atoms with E-state index < -0.39 is 5.60 Å². The van der Waals surface area contributed by atoms with Gasteiger partial charge >= 0.3 is 0 Å². The molecule has 8 nitrogen and oxygen atoms in total. The number of amides is 2. The molecule has 0 aliphatic carbocycles. The lowest BCUT2D eigenvalue weighted by Crippen LogP contribution is -2.61. The number of nitrogens with one attached hydrogen (secondary N) is 2. The first-order chi connectivity index (χ1) is 16.3. The average molecular weight is 472 g/mol. The van der Waals surface area contributed by atoms with E-state index in [4.69, 9.17) is 0 Å². The van der Waals surface area contributed by atoms with Crippen LogP contribution in [-0.2, 0) is 9.59 Å². The SMILES string of the molecule is C[C@H](CC(=O)N1CCC(O)(CN2CNC(NC[C@@H]3CCCN3C)CC2=O)CC1)c1ccccc1. The lowest BCUT2D eigenvalue weighted by atomic mass is 9.89. The van der Waals surface area contributed by atoms with E-state index in [1.807, 2.05) is 23.1 Å². The van der Waals surface area contributed by atoms with E-state index in [1.165, 1.54) is 18.4 Å². The third-order valence-electron chi connectivity index (χ3n) is 7.91. The predicted molar refractivity (Wildman–Crippen MR) is 132 cm³/mol. The van der Waals surface area contributed by atoms with E-state index in [2.05, 4.69) is 41.6 Å². The van der Waals surface area contributed by atoms with Gasteiger partial charge in [-0.15, -0.1) is 0 Å². The highest BCUT2D eigenvalue weighted by Gasteiger charge is 2.38. The molecule has 34 heavy (non-hydrogen) atoms. The molecule has 0 bridgehead atoms. The Morgan fingerprint density at radius 1 is 1.24 bits per heavy atom. The first-order valence-electron chi connectivity index (χ1n) is 12.8. The average Bonchev–Trinajstić information content (AvgIpc) is 3.25. The highest BCUT2D eigenvalue weighted by atomic mass is 16.3. The molecule has 3 saturated heterocycles. The summed E-state index contributed by atoms with van der Waals surface area (Å²) in [6.07, 6.45) is 4.29. The molecule has 0 saturated carbocycles. The fourth-order valence-corrected chi connectivity index (χ4v) is 5.46. The van der Waals surface area contributed by atoms with Crippen LogP contribution in [0.2, 0.25) is 0 Å². The zero-order valence-electron chi connectivity index (χ0n) is 20.7. The number of likely N-dealkylation sites (tertiary alicyclic amines) is 2. The molecule has 4 rings (SSSR count). The molecule has 2 amide bonds. The summed E-state index contributed by atoms with van der Waals surface area (Å²) >= 11 is 0. The largest absolute Gasteiger partial charge is 0.388 e. The van der Waals surface area contributed by atoms with Crippen molar-refractivity contribution in [2.24, 2.45) is 0 Å². The normalized spacial score (nSPS) is 26.6. The molecule has 1 unspecified atom stereocenters. The number of carbonyl (C=O) groups excluding carboxylic acids is 2. The van der Waals surface area contributed by atoms with E-state index in [9.17, 15) is 14.7 Å². The van der Waals surface area contributed by atoms with Crippen LogP contribution in [0.1, 0.15) is 56.9 Å². The summed E-state index contributed by atoms with van der Waals surface area (Å²) < 4.78 is 0. The maximum Gasteiger partial charge on any atom is 0.226 e. The van der Waals surface area contributed by atoms with Gasteiger partial charge in [-0.1, -0.05) is 37.3 Å². The molecule has 0 radical (unpaired) electrons. The molecular weight excluding hydrogens is 430 g/mol. The Labute approximate surface area is 203 Å². The molecule has 3 atom stereocenters. The molecule has 3 heterocycles. The van der Waals surface area contributed by atoms with Crippen LogP contribution in [0, 0.1) is 0 Å². The number of β-amino-alcohol motifs (C(OH)–C–C–N with tert-alkyl or cyclic N) is 1. The molecule has 1 aromatic carbocycles. The van der Waals surface area contributed by atoms with Crippen molar-refractivity contribution < 1.29 is 14.7 Å². The monoisotopic (exact) mass is 471 g/mol. The van der Waals surface area contributed by atoms with Gasteiger partial charge in [-0.05, 0) is 50.8 Å². The van der Waals surface area contributed by atoms with Crippen LogP contribution >= 0.6 is 0 Å². The summed E-state index contributed by atoms with van der Waals surface area (Å²) in [6.45, 7) is 5.94. The van der Waals surface area contributed by atoms with Crippen molar-refractivity contribution in [2.75, 3.05) is 46.4 Å². The zero-order valence-corrected chi connectivity index (χ0v) is 20.7. The van der Waals surface area contributed by atoms with E-state index in [0.717, 1.165) is 13.1 Å². The first kappa shape index (κ1) is 25.1. The molecule has 188 valence electrons. The van der Waals surface area contributed by atoms with E-state index in [1.54, 1.807) is 4.90 Å². The third-order valence-corrected chi connectivity index (χ3v) is 7.91. The number of rotatable bonds is 8. The maximum atomic E-state index is 12.8. The topological polar surface area (TPSA) is 88.2 Å². The molecular formula is C26H41N5O3. The second kappa shape index (κ2) is 11.2. The van der Waals surface area contributed by atoms with Crippen molar-refractivity contribution in [1.29, 1.82) is 0 Å². The second-order valence-electron chi connectivity index (χ2n) is 10.5. The van der Waals surface area contributed by atoms with Crippen LogP contribution < -0.4 is 10.6 Å². The van der Waals surface area contributed by atoms with Gasteiger partial charge in [-0.3, -0.25) is 20.2 Å². The van der Waals surface area contributed by atoms with Gasteiger partial charge in [0, 0.05) is 32.1 Å². The van der Waals surface area contributed by atoms with Crippen LogP contribution in [0.3, 0.4) is 0 Å². The first-order valence-corrected chi connectivity index (χ1v) is 12.8. The molecule has 8 heteroatoms. The summed E-state index contributed by atoms with van der Waals surface area (Å²) in [5, 5.41) is 18.1. The number of hydrogen-bond donors (Lipinski definition) is 3. The Morgan fingerprint density at radius 2 is 1.97 bits per heavy atom. The van der Waals surface area contributed by atoms with Gasteiger partial charge in [0.25, 0.3) is 0 Å². The van der Waals surface area contributed by atoms with Crippen LogP contribution in [0.5, 0.6) is 0 Å². The minimum Gasteiger partial charge on any atom is -0.388 e. The van der Waals surface area contributed by atoms with Crippen molar-refractivity contribution in [3.63, 3.8) is 0 Å². The van der Waals surface area contributed by atoms with Gasteiger partial charge in [-0.25, -0.2) is 0 Å². The number of likely N-dealkylation sites (N-methyl/N-ethyl adjacent to an activating group) is 1. The van der Waals surface area contributed by atoms with Crippen LogP contribution in [0.15, 0.2) is 30.3 Å². The lowest BCUT2D eigenvalue weighted by Gasteiger charge is -2.43. The summed E-state index contributed by atoms with van der Waals surface area (Å²) in [5.74, 6) is 0.373. The van der Waals surface area contributed by atoms with Crippen molar-refractivity contribution >= 4 is 11.8 Å². The lowest BCUT2D eigenvalue weighted by molar-refractivity contribution is -0.145. The number of nitrogens with zero attached hydrogens (tertiary/aromatic N) is 3. The fourth-order valence-electron chi connectivity index (χ4n) is 5.46. The molecule has 1 aromatic rings. The number of carbonyl (C=O) groups is 2. The fraction of sp³-hybridized carbons (Fsp3) is 0.692. The van der Waals surface area contributed by atoms with E-state index >= 15 is 0 Å². The summed E-state index contributed by atoms with van der Waals surface area (Å²) in [4.78, 5) is 31.5. The van der Waals surface area contributed by atoms with Gasteiger partial charge in [-0.2, -0.15) is 0 Å². The number of piperidine rings is 1. The Kier molecular flexibility index (Phi) is 8.24. The second-order valence-corrected chi connectivity index (χ2v) is 10.5. The van der Waals surface area contributed by atoms with Crippen molar-refractivity contribution in [3.05, 3.63) is 35.9 Å². The Hall–Kier alpha value is -2.00. The van der Waals surface area contributed by atoms with Gasteiger partial charge in [0.1, 0.15) is 0 Å². The van der Waals surface area contributed by atoms with Gasteiger partial charge in [0.2, 0.25) is 11.8 Å². The van der Waals surface area contributed by atoms with Crippen LogP contribution in [0.25, 0.3) is 0 Å². The number of hydrogen-bond acceptors (Lipinski definition) is 6. The summed E-state index contributed by atoms with van der Waals surface area (Å²) in [5.41, 5.74) is 0.231. The summed E-state index contributed by atoms with van der Waals surface area (Å²) in [7, 11) is 2.16.